The molecule has 0 unspecified atom stereocenters. The summed E-state index contributed by atoms with van der Waals surface area (Å²) in [7, 11) is 0. The maximum absolute atomic E-state index is 8.98. The molecule has 3 heteroatoms. The lowest BCUT2D eigenvalue weighted by atomic mass is 9.96. The van der Waals surface area contributed by atoms with Gasteiger partial charge in [-0.1, -0.05) is 58.0 Å². The van der Waals surface area contributed by atoms with Crippen molar-refractivity contribution in [3.05, 3.63) is 83.2 Å². The van der Waals surface area contributed by atoms with E-state index in [1.165, 1.54) is 16.5 Å². The zero-order chi connectivity index (χ0) is 21.0. The van der Waals surface area contributed by atoms with Gasteiger partial charge in [-0.2, -0.15) is 5.26 Å². The molecule has 4 aromatic rings. The lowest BCUT2D eigenvalue weighted by molar-refractivity contribution is 0.871. The fraction of sp³-hybridized carbons (Fsp3) is 0.269. The molecule has 2 heterocycles. The van der Waals surface area contributed by atoms with Crippen molar-refractivity contribution in [2.45, 2.75) is 46.5 Å². The molecule has 0 N–H and O–H groups in total. The SMILES string of the molecule is CC(C)c1ccc(C#N)c2ncccc12.Cc1cc(C(C)C)c2ccccc2n1. The van der Waals surface area contributed by atoms with Gasteiger partial charge in [0, 0.05) is 22.7 Å². The van der Waals surface area contributed by atoms with Gasteiger partial charge in [0.05, 0.1) is 16.6 Å². The maximum Gasteiger partial charge on any atom is 0.101 e. The third-order valence-corrected chi connectivity index (χ3v) is 5.04. The van der Waals surface area contributed by atoms with E-state index in [9.17, 15) is 0 Å². The van der Waals surface area contributed by atoms with Crippen molar-refractivity contribution >= 4 is 21.8 Å². The Morgan fingerprint density at radius 2 is 1.52 bits per heavy atom. The van der Waals surface area contributed by atoms with Gasteiger partial charge in [0.1, 0.15) is 6.07 Å². The predicted molar refractivity (Wildman–Crippen MR) is 121 cm³/mol. The molecule has 0 aliphatic rings. The average molecular weight is 382 g/mol. The Labute approximate surface area is 173 Å². The molecule has 3 nitrogen and oxygen atoms in total. The number of fused-ring (bicyclic) bond motifs is 2. The summed E-state index contributed by atoms with van der Waals surface area (Å²) in [6.45, 7) is 10.8. The third-order valence-electron chi connectivity index (χ3n) is 5.04. The van der Waals surface area contributed by atoms with Crippen molar-refractivity contribution in [2.24, 2.45) is 0 Å². The first-order valence-electron chi connectivity index (χ1n) is 10.1. The minimum absolute atomic E-state index is 0.449. The molecule has 0 atom stereocenters. The van der Waals surface area contributed by atoms with Crippen LogP contribution in [-0.2, 0) is 0 Å². The molecular weight excluding hydrogens is 354 g/mol. The number of benzene rings is 2. The number of aromatic nitrogens is 2. The normalized spacial score (nSPS) is 10.8. The molecule has 0 amide bonds. The zero-order valence-electron chi connectivity index (χ0n) is 17.8. The largest absolute Gasteiger partial charge is 0.255 e. The van der Waals surface area contributed by atoms with Crippen LogP contribution < -0.4 is 0 Å². The van der Waals surface area contributed by atoms with Crippen molar-refractivity contribution in [1.29, 1.82) is 5.26 Å². The molecule has 0 aliphatic carbocycles. The number of aryl methyl sites for hydroxylation is 1. The van der Waals surface area contributed by atoms with Crippen LogP contribution in [0.4, 0.5) is 0 Å². The fourth-order valence-corrected chi connectivity index (χ4v) is 3.61. The van der Waals surface area contributed by atoms with Gasteiger partial charge in [-0.05, 0) is 54.2 Å². The topological polar surface area (TPSA) is 49.6 Å². The van der Waals surface area contributed by atoms with Crippen molar-refractivity contribution < 1.29 is 0 Å². The Morgan fingerprint density at radius 3 is 2.21 bits per heavy atom. The molecule has 0 saturated carbocycles. The summed E-state index contributed by atoms with van der Waals surface area (Å²) in [4.78, 5) is 8.79. The van der Waals surface area contributed by atoms with Crippen LogP contribution in [0.1, 0.15) is 61.9 Å². The Kier molecular flexibility index (Phi) is 6.24. The maximum atomic E-state index is 8.98. The Balaban J connectivity index is 0.000000166. The molecular formula is C26H27N3. The summed E-state index contributed by atoms with van der Waals surface area (Å²) in [6.07, 6.45) is 1.73. The number of hydrogen-bond donors (Lipinski definition) is 0. The molecule has 0 spiro atoms. The molecule has 0 bridgehead atoms. The van der Waals surface area contributed by atoms with Gasteiger partial charge < -0.3 is 0 Å². The zero-order valence-corrected chi connectivity index (χ0v) is 17.8. The monoisotopic (exact) mass is 381 g/mol. The van der Waals surface area contributed by atoms with Gasteiger partial charge in [0.15, 0.2) is 0 Å². The first-order chi connectivity index (χ1) is 13.9. The van der Waals surface area contributed by atoms with Crippen LogP contribution in [0.5, 0.6) is 0 Å². The molecule has 29 heavy (non-hydrogen) atoms. The summed E-state index contributed by atoms with van der Waals surface area (Å²) in [5.41, 5.74) is 6.31. The van der Waals surface area contributed by atoms with Gasteiger partial charge in [0.2, 0.25) is 0 Å². The fourth-order valence-electron chi connectivity index (χ4n) is 3.61. The van der Waals surface area contributed by atoms with Crippen LogP contribution in [-0.4, -0.2) is 9.97 Å². The van der Waals surface area contributed by atoms with Crippen LogP contribution in [0.15, 0.2) is 60.8 Å². The number of nitrogens with zero attached hydrogens (tertiary/aromatic N) is 3. The van der Waals surface area contributed by atoms with Crippen LogP contribution >= 0.6 is 0 Å². The third kappa shape index (κ3) is 4.43. The Morgan fingerprint density at radius 1 is 0.828 bits per heavy atom. The molecule has 0 radical (unpaired) electrons. The highest BCUT2D eigenvalue weighted by atomic mass is 14.7. The van der Waals surface area contributed by atoms with Crippen molar-refractivity contribution in [1.82, 2.24) is 9.97 Å². The van der Waals surface area contributed by atoms with E-state index in [0.29, 0.717) is 17.4 Å². The van der Waals surface area contributed by atoms with E-state index in [4.69, 9.17) is 5.26 Å². The average Bonchev–Trinajstić information content (AvgIpc) is 2.72. The molecule has 0 aliphatic heterocycles. The van der Waals surface area contributed by atoms with Gasteiger partial charge >= 0.3 is 0 Å². The number of pyridine rings is 2. The minimum Gasteiger partial charge on any atom is -0.255 e. The lowest BCUT2D eigenvalue weighted by Gasteiger charge is -2.10. The number of nitriles is 1. The predicted octanol–water partition coefficient (Wildman–Crippen LogP) is 6.90. The van der Waals surface area contributed by atoms with Crippen LogP contribution in [0.3, 0.4) is 0 Å². The van der Waals surface area contributed by atoms with Gasteiger partial charge in [-0.25, -0.2) is 0 Å². The Hall–Kier alpha value is -3.25. The summed E-state index contributed by atoms with van der Waals surface area (Å²) in [5, 5.41) is 11.3. The van der Waals surface area contributed by atoms with Crippen molar-refractivity contribution in [3.63, 3.8) is 0 Å². The summed E-state index contributed by atoms with van der Waals surface area (Å²) in [6, 6.07) is 20.5. The molecule has 2 aromatic heterocycles. The second kappa shape index (κ2) is 8.84. The number of hydrogen-bond acceptors (Lipinski definition) is 3. The van der Waals surface area contributed by atoms with E-state index in [-0.39, 0.29) is 0 Å². The second-order valence-electron chi connectivity index (χ2n) is 7.89. The Bertz CT molecular complexity index is 1180. The van der Waals surface area contributed by atoms with E-state index < -0.39 is 0 Å². The molecule has 146 valence electrons. The highest BCUT2D eigenvalue weighted by Gasteiger charge is 2.08. The van der Waals surface area contributed by atoms with E-state index >= 15 is 0 Å². The highest BCUT2D eigenvalue weighted by molar-refractivity contribution is 5.87. The van der Waals surface area contributed by atoms with Crippen molar-refractivity contribution in [3.8, 4) is 6.07 Å². The van der Waals surface area contributed by atoms with Crippen LogP contribution in [0.25, 0.3) is 21.8 Å². The first-order valence-corrected chi connectivity index (χ1v) is 10.1. The van der Waals surface area contributed by atoms with E-state index in [0.717, 1.165) is 22.1 Å². The molecule has 2 aromatic carbocycles. The minimum atomic E-state index is 0.449. The summed E-state index contributed by atoms with van der Waals surface area (Å²) < 4.78 is 0. The highest BCUT2D eigenvalue weighted by Crippen LogP contribution is 2.26. The van der Waals surface area contributed by atoms with Crippen LogP contribution in [0, 0.1) is 18.3 Å². The van der Waals surface area contributed by atoms with E-state index in [2.05, 4.69) is 74.9 Å². The number of rotatable bonds is 2. The first kappa shape index (κ1) is 20.5. The molecule has 4 rings (SSSR count). The smallest absolute Gasteiger partial charge is 0.101 e. The second-order valence-corrected chi connectivity index (χ2v) is 7.89. The lowest BCUT2D eigenvalue weighted by Crippen LogP contribution is -1.93. The quantitative estimate of drug-likeness (QED) is 0.379. The van der Waals surface area contributed by atoms with Gasteiger partial charge in [-0.15, -0.1) is 0 Å². The van der Waals surface area contributed by atoms with Gasteiger partial charge in [-0.3, -0.25) is 9.97 Å². The number of para-hydroxylation sites is 1. The summed E-state index contributed by atoms with van der Waals surface area (Å²) in [5.74, 6) is 1.01. The van der Waals surface area contributed by atoms with E-state index in [1.807, 2.05) is 30.3 Å². The molecule has 0 fully saturated rings. The standard InChI is InChI=1S/C13H12N2.C13H15N/c1-9(2)11-6-5-10(8-14)13-12(11)4-3-7-15-13;1-9(2)12-8-10(3)14-13-7-5-4-6-11(12)13/h3-7,9H,1-2H3;4-9H,1-3H3. The summed E-state index contributed by atoms with van der Waals surface area (Å²) >= 11 is 0. The van der Waals surface area contributed by atoms with Gasteiger partial charge in [0.25, 0.3) is 0 Å². The van der Waals surface area contributed by atoms with E-state index in [1.54, 1.807) is 6.20 Å². The van der Waals surface area contributed by atoms with Crippen molar-refractivity contribution in [2.75, 3.05) is 0 Å². The molecule has 0 saturated heterocycles. The van der Waals surface area contributed by atoms with Crippen LogP contribution in [0.2, 0.25) is 0 Å².